The Labute approximate surface area is 525 Å². The number of carbonyl (C=O) groups excluding carboxylic acids is 5. The van der Waals surface area contributed by atoms with Crippen molar-refractivity contribution in [3.05, 3.63) is 194 Å². The summed E-state index contributed by atoms with van der Waals surface area (Å²) in [6.45, 7) is 23.3. The van der Waals surface area contributed by atoms with E-state index >= 15 is 0 Å². The summed E-state index contributed by atoms with van der Waals surface area (Å²) in [4.78, 5) is 81.3. The molecule has 89 heavy (non-hydrogen) atoms. The van der Waals surface area contributed by atoms with Crippen molar-refractivity contribution < 1.29 is 62.3 Å². The van der Waals surface area contributed by atoms with Gasteiger partial charge in [0.05, 0.1) is 48.2 Å². The average molecular weight is 1220 g/mol. The van der Waals surface area contributed by atoms with E-state index in [2.05, 4.69) is 5.32 Å². The van der Waals surface area contributed by atoms with Gasteiger partial charge in [-0.2, -0.15) is 0 Å². The number of ether oxygens (including phenoxy) is 6. The summed E-state index contributed by atoms with van der Waals surface area (Å²) in [5, 5.41) is 13.0. The molecule has 3 amide bonds. The molecule has 1 saturated heterocycles. The molecule has 1 aliphatic heterocycles. The molecular weight excluding hydrogens is 1130 g/mol. The minimum Gasteiger partial charge on any atom is -0.490 e. The predicted octanol–water partition coefficient (Wildman–Crippen LogP) is 11.8. The quantitative estimate of drug-likeness (QED) is 0.0819. The maximum atomic E-state index is 13.6. The van der Waals surface area contributed by atoms with Crippen LogP contribution in [0.15, 0.2) is 127 Å². The van der Waals surface area contributed by atoms with Crippen LogP contribution < -0.4 is 19.5 Å². The standard InChI is InChI=1S/C24H29NO4.C23H27NO4.C22H25NO4.C4H8O/c1-6-28-23(27)24(14-18-11-7-8-12-19(18)15-24)25(5)22(26)20-13-9-10-17(4)21(20)29-16(2)3;1-5-27-22(26)23(13-17-10-6-7-11-18(17)14-23)24-21(25)19-12-8-9-16(4)20(19)28-15(2)3;1-14(2)27-19-15(3)8-7-11-18(19)20(24)23(4)22(21(25)26)12-16-9-5-6-10-17(16)13-22;1-2-4-5-3-1/h7-13,16H,6,14-15H2,1-5H3;6-12,15H,5,13-14H2,1-4H3,(H,24,25);5-11,14H,12-13H2,1-4H3,(H,25,26);1-4H2. The molecule has 0 saturated carbocycles. The van der Waals surface area contributed by atoms with Gasteiger partial charge in [-0.15, -0.1) is 0 Å². The van der Waals surface area contributed by atoms with E-state index in [1.165, 1.54) is 17.7 Å². The number of nitrogens with one attached hydrogen (secondary N) is 1. The van der Waals surface area contributed by atoms with Gasteiger partial charge in [0.25, 0.3) is 17.7 Å². The molecule has 10 rings (SSSR count). The van der Waals surface area contributed by atoms with Crippen molar-refractivity contribution >= 4 is 35.6 Å². The number of amides is 3. The molecule has 0 bridgehead atoms. The highest BCUT2D eigenvalue weighted by Crippen LogP contribution is 2.40. The van der Waals surface area contributed by atoms with Crippen LogP contribution in [0.1, 0.15) is 149 Å². The second-order valence-corrected chi connectivity index (χ2v) is 24.1. The maximum absolute atomic E-state index is 13.6. The third kappa shape index (κ3) is 15.7. The van der Waals surface area contributed by atoms with E-state index in [1.54, 1.807) is 57.1 Å². The van der Waals surface area contributed by atoms with Gasteiger partial charge in [0.2, 0.25) is 0 Å². The van der Waals surface area contributed by atoms with E-state index < -0.39 is 28.6 Å². The molecule has 0 atom stereocenters. The Hall–Kier alpha value is -8.50. The number of carbonyl (C=O) groups is 6. The van der Waals surface area contributed by atoms with Gasteiger partial charge in [-0.25, -0.2) is 14.4 Å². The molecule has 1 heterocycles. The van der Waals surface area contributed by atoms with Gasteiger partial charge < -0.3 is 48.6 Å². The first-order valence-corrected chi connectivity index (χ1v) is 31.0. The number of para-hydroxylation sites is 3. The second-order valence-electron chi connectivity index (χ2n) is 24.1. The number of fused-ring (bicyclic) bond motifs is 3. The van der Waals surface area contributed by atoms with Crippen LogP contribution >= 0.6 is 0 Å². The first kappa shape index (κ1) is 68.0. The zero-order valence-corrected chi connectivity index (χ0v) is 54.1. The van der Waals surface area contributed by atoms with E-state index in [1.807, 2.05) is 165 Å². The van der Waals surface area contributed by atoms with Crippen LogP contribution in [0.2, 0.25) is 0 Å². The van der Waals surface area contributed by atoms with Crippen LogP contribution in [-0.2, 0) is 67.1 Å². The van der Waals surface area contributed by atoms with Gasteiger partial charge in [-0.05, 0) is 157 Å². The summed E-state index contributed by atoms with van der Waals surface area (Å²) >= 11 is 0. The van der Waals surface area contributed by atoms with Gasteiger partial charge >= 0.3 is 17.9 Å². The van der Waals surface area contributed by atoms with Crippen molar-refractivity contribution in [2.24, 2.45) is 0 Å². The van der Waals surface area contributed by atoms with Crippen molar-refractivity contribution in [1.29, 1.82) is 0 Å². The minimum atomic E-state index is -1.29. The molecule has 0 aromatic heterocycles. The van der Waals surface area contributed by atoms with E-state index in [0.29, 0.717) is 72.5 Å². The van der Waals surface area contributed by atoms with E-state index in [9.17, 15) is 33.9 Å². The Bertz CT molecular complexity index is 3410. The Balaban J connectivity index is 0.000000182. The van der Waals surface area contributed by atoms with Crippen molar-refractivity contribution in [2.75, 3.05) is 40.5 Å². The monoisotopic (exact) mass is 1220 g/mol. The fourth-order valence-corrected chi connectivity index (χ4v) is 11.9. The molecule has 6 aromatic rings. The molecule has 3 aliphatic carbocycles. The van der Waals surface area contributed by atoms with Crippen molar-refractivity contribution in [2.45, 2.75) is 162 Å². The number of aliphatic carboxylic acids is 1. The fourth-order valence-electron chi connectivity index (χ4n) is 11.9. The zero-order chi connectivity index (χ0) is 64.8. The molecule has 6 aromatic carbocycles. The number of hydrogen-bond donors (Lipinski definition) is 2. The molecular formula is C73H89N3O13. The van der Waals surface area contributed by atoms with Gasteiger partial charge in [-0.3, -0.25) is 14.4 Å². The van der Waals surface area contributed by atoms with Gasteiger partial charge in [-0.1, -0.05) is 109 Å². The summed E-state index contributed by atoms with van der Waals surface area (Å²) < 4.78 is 33.4. The third-order valence-electron chi connectivity index (χ3n) is 16.5. The summed E-state index contributed by atoms with van der Waals surface area (Å²) in [5.74, 6) is -1.06. The van der Waals surface area contributed by atoms with Gasteiger partial charge in [0.15, 0.2) is 0 Å². The zero-order valence-electron chi connectivity index (χ0n) is 54.1. The summed E-state index contributed by atoms with van der Waals surface area (Å²) in [5.41, 5.74) is 6.64. The molecule has 16 heteroatoms. The lowest BCUT2D eigenvalue weighted by Gasteiger charge is -2.37. The Morgan fingerprint density at radius 3 is 1.13 bits per heavy atom. The van der Waals surface area contributed by atoms with Crippen LogP contribution in [0.5, 0.6) is 17.2 Å². The molecule has 4 aliphatic rings. The van der Waals surface area contributed by atoms with Crippen LogP contribution in [-0.4, -0.2) is 126 Å². The molecule has 0 unspecified atom stereocenters. The fraction of sp³-hybridized carbons (Fsp3) is 0.425. The minimum absolute atomic E-state index is 0.0669. The number of esters is 2. The summed E-state index contributed by atoms with van der Waals surface area (Å²) in [6.07, 6.45) is 4.64. The molecule has 16 nitrogen and oxygen atoms in total. The lowest BCUT2D eigenvalue weighted by Crippen LogP contribution is -2.57. The topological polar surface area (TPSA) is 197 Å². The lowest BCUT2D eigenvalue weighted by atomic mass is 9.92. The second kappa shape index (κ2) is 30.1. The first-order chi connectivity index (χ1) is 42.4. The molecule has 1 fully saturated rings. The maximum Gasteiger partial charge on any atom is 0.332 e. The van der Waals surface area contributed by atoms with Crippen LogP contribution in [0.3, 0.4) is 0 Å². The first-order valence-electron chi connectivity index (χ1n) is 31.0. The summed E-state index contributed by atoms with van der Waals surface area (Å²) in [7, 11) is 3.26. The predicted molar refractivity (Wildman–Crippen MR) is 343 cm³/mol. The SMILES string of the molecule is C1CCOC1.CCOC(=O)C1(N(C)C(=O)c2cccc(C)c2OC(C)C)Cc2ccccc2C1.CCOC(=O)C1(NC(=O)c2cccc(C)c2OC(C)C)Cc2ccccc2C1.Cc1cccc(C(=O)N(C)C2(C(=O)O)Cc3ccccc3C2)c1OC(C)C. The van der Waals surface area contributed by atoms with Crippen LogP contribution in [0.25, 0.3) is 0 Å². The highest BCUT2D eigenvalue weighted by Gasteiger charge is 2.52. The Kier molecular flexibility index (Phi) is 23.0. The number of nitrogens with zero attached hydrogens (tertiary/aromatic N) is 2. The van der Waals surface area contributed by atoms with Crippen LogP contribution in [0.4, 0.5) is 0 Å². The number of rotatable bonds is 17. The average Bonchev–Trinajstić information content (AvgIpc) is 1.96. The Morgan fingerprint density at radius 1 is 0.472 bits per heavy atom. The van der Waals surface area contributed by atoms with E-state index in [-0.39, 0.29) is 55.2 Å². The number of hydrogen-bond acceptors (Lipinski definition) is 12. The number of likely N-dealkylation sites (N-methyl/N-ethyl adjacent to an activating group) is 2. The summed E-state index contributed by atoms with van der Waals surface area (Å²) in [6, 6.07) is 39.8. The smallest absolute Gasteiger partial charge is 0.332 e. The normalized spacial score (nSPS) is 15.1. The number of carboxylic acid groups (broad SMARTS) is 1. The molecule has 0 radical (unpaired) electrons. The van der Waals surface area contributed by atoms with Gasteiger partial charge in [0.1, 0.15) is 33.9 Å². The third-order valence-corrected chi connectivity index (χ3v) is 16.5. The van der Waals surface area contributed by atoms with Crippen molar-refractivity contribution in [3.63, 3.8) is 0 Å². The molecule has 0 spiro atoms. The number of aryl methyl sites for hydroxylation is 3. The highest BCUT2D eigenvalue weighted by molar-refractivity contribution is 6.03. The van der Waals surface area contributed by atoms with E-state index in [4.69, 9.17) is 28.4 Å². The molecule has 2 N–H and O–H groups in total. The highest BCUT2D eigenvalue weighted by atomic mass is 16.5. The number of benzene rings is 6. The molecule has 474 valence electrons. The van der Waals surface area contributed by atoms with Crippen LogP contribution in [0, 0.1) is 20.8 Å². The van der Waals surface area contributed by atoms with Crippen molar-refractivity contribution in [1.82, 2.24) is 15.1 Å². The number of carboxylic acids is 1. The lowest BCUT2D eigenvalue weighted by molar-refractivity contribution is -0.155. The van der Waals surface area contributed by atoms with Crippen molar-refractivity contribution in [3.8, 4) is 17.2 Å². The van der Waals surface area contributed by atoms with E-state index in [0.717, 1.165) is 63.3 Å². The Morgan fingerprint density at radius 2 is 0.798 bits per heavy atom. The van der Waals surface area contributed by atoms with Gasteiger partial charge in [0, 0.05) is 65.8 Å². The largest absolute Gasteiger partial charge is 0.490 e.